The molecular weight excluding hydrogens is 498 g/mol. The zero-order chi connectivity index (χ0) is 28.2. The van der Waals surface area contributed by atoms with Crippen molar-refractivity contribution in [1.29, 1.82) is 0 Å². The first kappa shape index (κ1) is 26.7. The van der Waals surface area contributed by atoms with Gasteiger partial charge in [0.05, 0.1) is 0 Å². The van der Waals surface area contributed by atoms with E-state index >= 15 is 0 Å². The van der Waals surface area contributed by atoms with Crippen LogP contribution in [0.3, 0.4) is 0 Å². The molecule has 0 fully saturated rings. The first-order valence-electron chi connectivity index (χ1n) is 13.3. The van der Waals surface area contributed by atoms with Crippen LogP contribution >= 0.6 is 0 Å². The molecule has 0 bridgehead atoms. The Labute approximate surface area is 234 Å². The van der Waals surface area contributed by atoms with Gasteiger partial charge in [0, 0.05) is 54.5 Å². The minimum absolute atomic E-state index is 0.347. The molecule has 0 aliphatic heterocycles. The van der Waals surface area contributed by atoms with E-state index in [1.165, 1.54) is 5.56 Å². The van der Waals surface area contributed by atoms with Crippen molar-refractivity contribution in [2.24, 2.45) is 0 Å². The van der Waals surface area contributed by atoms with E-state index in [9.17, 15) is 9.59 Å². The maximum atomic E-state index is 13.5. The number of amides is 1. The number of hydrogen-bond acceptors (Lipinski definition) is 5. The summed E-state index contributed by atoms with van der Waals surface area (Å²) < 4.78 is 1.79. The monoisotopic (exact) mass is 531 g/mol. The Kier molecular flexibility index (Phi) is 7.64. The highest BCUT2D eigenvalue weighted by molar-refractivity contribution is 6.47. The number of nitrogens with zero attached hydrogens (tertiary/aromatic N) is 3. The number of likely N-dealkylation sites (N-methyl/N-ethyl adjacent to an activating group) is 1. The van der Waals surface area contributed by atoms with Crippen molar-refractivity contribution in [3.63, 3.8) is 0 Å². The van der Waals surface area contributed by atoms with Crippen molar-refractivity contribution in [3.05, 3.63) is 114 Å². The second kappa shape index (κ2) is 11.5. The van der Waals surface area contributed by atoms with Crippen LogP contribution in [0, 0.1) is 20.8 Å². The molecule has 0 saturated carbocycles. The van der Waals surface area contributed by atoms with Crippen LogP contribution in [-0.2, 0) is 4.79 Å². The molecule has 0 atom stereocenters. The van der Waals surface area contributed by atoms with E-state index in [1.807, 2.05) is 87.8 Å². The molecule has 3 aromatic heterocycles. The largest absolute Gasteiger partial charge is 0.383 e. The van der Waals surface area contributed by atoms with Crippen molar-refractivity contribution in [2.75, 3.05) is 35.7 Å². The highest BCUT2D eigenvalue weighted by Crippen LogP contribution is 2.29. The number of carbonyl (C=O) groups excluding carboxylic acids is 2. The number of pyridine rings is 2. The normalized spacial score (nSPS) is 10.9. The van der Waals surface area contributed by atoms with E-state index in [1.54, 1.807) is 16.5 Å². The summed E-state index contributed by atoms with van der Waals surface area (Å²) in [6, 6.07) is 27.0. The zero-order valence-corrected chi connectivity index (χ0v) is 23.2. The lowest BCUT2D eigenvalue weighted by molar-refractivity contribution is -0.112. The molecule has 0 aliphatic carbocycles. The summed E-state index contributed by atoms with van der Waals surface area (Å²) in [6.45, 7) is 7.57. The Morgan fingerprint density at radius 2 is 1.57 bits per heavy atom. The molecule has 0 radical (unpaired) electrons. The third kappa shape index (κ3) is 5.89. The van der Waals surface area contributed by atoms with E-state index in [2.05, 4.69) is 39.6 Å². The number of nitrogens with one attached hydrogen (secondary N) is 2. The molecule has 2 aromatic carbocycles. The number of aromatic nitrogens is 2. The SMILES string of the molecule is Cc1cc(C)nc(N(C)CCNc2ccc(NC(=O)C(=O)c3c(-c4ccccc4)cc4cc(C)ccn34)cc2)c1. The van der Waals surface area contributed by atoms with Gasteiger partial charge in [-0.1, -0.05) is 30.3 Å². The molecule has 202 valence electrons. The molecule has 2 N–H and O–H groups in total. The number of benzene rings is 2. The maximum Gasteiger partial charge on any atom is 0.298 e. The fraction of sp³-hybridized carbons (Fsp3) is 0.182. The molecule has 5 aromatic rings. The van der Waals surface area contributed by atoms with E-state index in [0.717, 1.165) is 52.5 Å². The van der Waals surface area contributed by atoms with Crippen LogP contribution in [0.4, 0.5) is 17.2 Å². The van der Waals surface area contributed by atoms with Crippen LogP contribution in [0.1, 0.15) is 27.3 Å². The lowest BCUT2D eigenvalue weighted by atomic mass is 10.0. The van der Waals surface area contributed by atoms with Gasteiger partial charge in [0.1, 0.15) is 11.5 Å². The van der Waals surface area contributed by atoms with Crippen LogP contribution in [0.5, 0.6) is 0 Å². The first-order valence-corrected chi connectivity index (χ1v) is 13.3. The molecule has 40 heavy (non-hydrogen) atoms. The minimum atomic E-state index is -0.680. The number of aryl methyl sites for hydroxylation is 3. The predicted octanol–water partition coefficient (Wildman–Crippen LogP) is 6.30. The van der Waals surface area contributed by atoms with Crippen LogP contribution in [0.15, 0.2) is 91.1 Å². The Balaban J connectivity index is 1.25. The average Bonchev–Trinajstić information content (AvgIpc) is 3.32. The molecule has 3 heterocycles. The number of carbonyl (C=O) groups is 2. The van der Waals surface area contributed by atoms with Crippen LogP contribution in [-0.4, -0.2) is 41.2 Å². The highest BCUT2D eigenvalue weighted by Gasteiger charge is 2.25. The molecule has 5 rings (SSSR count). The van der Waals surface area contributed by atoms with Gasteiger partial charge in [-0.25, -0.2) is 4.98 Å². The predicted molar refractivity (Wildman–Crippen MR) is 162 cm³/mol. The zero-order valence-electron chi connectivity index (χ0n) is 23.2. The molecule has 0 saturated heterocycles. The van der Waals surface area contributed by atoms with E-state index in [-0.39, 0.29) is 0 Å². The summed E-state index contributed by atoms with van der Waals surface area (Å²) in [4.78, 5) is 33.3. The number of Topliss-reactive ketones (excluding diaryl/α,β-unsaturated/α-hetero) is 1. The maximum absolute atomic E-state index is 13.5. The van der Waals surface area contributed by atoms with E-state index in [4.69, 9.17) is 0 Å². The third-order valence-electron chi connectivity index (χ3n) is 6.83. The first-order chi connectivity index (χ1) is 19.3. The molecule has 1 amide bonds. The summed E-state index contributed by atoms with van der Waals surface area (Å²) in [5.41, 5.74) is 7.57. The quantitative estimate of drug-likeness (QED) is 0.172. The van der Waals surface area contributed by atoms with Crippen LogP contribution in [0.2, 0.25) is 0 Å². The Bertz CT molecular complexity index is 1650. The summed E-state index contributed by atoms with van der Waals surface area (Å²) in [7, 11) is 2.02. The number of rotatable bonds is 9. The standard InChI is InChI=1S/C33H33N5O2/c1-22-14-16-38-28(19-22)21-29(25-8-6-5-7-9-25)31(38)32(39)33(40)36-27-12-10-26(11-13-27)34-15-17-37(4)30-20-23(2)18-24(3)35-30/h5-14,16,18-21,34H,15,17H2,1-4H3,(H,36,40). The Hall–Kier alpha value is -4.91. The van der Waals surface area contributed by atoms with Crippen molar-refractivity contribution >= 4 is 34.4 Å². The second-order valence-electron chi connectivity index (χ2n) is 10.1. The second-order valence-corrected chi connectivity index (χ2v) is 10.1. The van der Waals surface area contributed by atoms with Gasteiger partial charge >= 0.3 is 0 Å². The highest BCUT2D eigenvalue weighted by atomic mass is 16.2. The lowest BCUT2D eigenvalue weighted by Gasteiger charge is -2.20. The summed E-state index contributed by atoms with van der Waals surface area (Å²) in [6.07, 6.45) is 1.84. The molecule has 0 aliphatic rings. The molecule has 7 heteroatoms. The molecule has 0 unspecified atom stereocenters. The number of anilines is 3. The smallest absolute Gasteiger partial charge is 0.298 e. The van der Waals surface area contributed by atoms with Gasteiger partial charge in [-0.2, -0.15) is 0 Å². The summed E-state index contributed by atoms with van der Waals surface area (Å²) in [5, 5.41) is 6.17. The van der Waals surface area contributed by atoms with Gasteiger partial charge in [0.2, 0.25) is 0 Å². The van der Waals surface area contributed by atoms with Crippen LogP contribution in [0.25, 0.3) is 16.6 Å². The lowest BCUT2D eigenvalue weighted by Crippen LogP contribution is -2.26. The Morgan fingerprint density at radius 1 is 0.850 bits per heavy atom. The van der Waals surface area contributed by atoms with Gasteiger partial charge in [-0.05, 0) is 92.1 Å². The van der Waals surface area contributed by atoms with E-state index < -0.39 is 11.7 Å². The van der Waals surface area contributed by atoms with Crippen molar-refractivity contribution in [3.8, 4) is 11.1 Å². The minimum Gasteiger partial charge on any atom is -0.383 e. The summed E-state index contributed by atoms with van der Waals surface area (Å²) in [5.74, 6) is -0.322. The fourth-order valence-corrected chi connectivity index (χ4v) is 4.82. The van der Waals surface area contributed by atoms with Crippen molar-refractivity contribution in [1.82, 2.24) is 9.38 Å². The van der Waals surface area contributed by atoms with Crippen molar-refractivity contribution < 1.29 is 9.59 Å². The van der Waals surface area contributed by atoms with Gasteiger partial charge in [0.15, 0.2) is 0 Å². The topological polar surface area (TPSA) is 78.7 Å². The van der Waals surface area contributed by atoms with Gasteiger partial charge < -0.3 is 19.9 Å². The number of fused-ring (bicyclic) bond motifs is 1. The number of hydrogen-bond donors (Lipinski definition) is 2. The summed E-state index contributed by atoms with van der Waals surface area (Å²) >= 11 is 0. The average molecular weight is 532 g/mol. The van der Waals surface area contributed by atoms with Gasteiger partial charge in [0.25, 0.3) is 11.7 Å². The molecular formula is C33H33N5O2. The van der Waals surface area contributed by atoms with Crippen molar-refractivity contribution in [2.45, 2.75) is 20.8 Å². The van der Waals surface area contributed by atoms with Gasteiger partial charge in [-0.3, -0.25) is 9.59 Å². The number of ketones is 1. The fourth-order valence-electron chi connectivity index (χ4n) is 4.82. The molecule has 0 spiro atoms. The van der Waals surface area contributed by atoms with Gasteiger partial charge in [-0.15, -0.1) is 0 Å². The molecule has 7 nitrogen and oxygen atoms in total. The third-order valence-corrected chi connectivity index (χ3v) is 6.83. The Morgan fingerprint density at radius 3 is 2.30 bits per heavy atom. The van der Waals surface area contributed by atoms with E-state index in [0.29, 0.717) is 11.4 Å². The van der Waals surface area contributed by atoms with Crippen LogP contribution < -0.4 is 15.5 Å².